The lowest BCUT2D eigenvalue weighted by Gasteiger charge is -2.26. The molecule has 1 heterocycles. The second kappa shape index (κ2) is 10.6. The summed E-state index contributed by atoms with van der Waals surface area (Å²) in [4.78, 5) is 39.4. The number of benzene rings is 1. The van der Waals surface area contributed by atoms with E-state index in [1.54, 1.807) is 57.3 Å². The molecule has 2 rings (SSSR count). The Hall–Kier alpha value is -3.34. The van der Waals surface area contributed by atoms with Crippen molar-refractivity contribution in [1.29, 1.82) is 0 Å². The molecule has 0 saturated carbocycles. The lowest BCUT2D eigenvalue weighted by molar-refractivity contribution is -0.114. The number of carbonyl (C=O) groups excluding carboxylic acids is 3. The van der Waals surface area contributed by atoms with Gasteiger partial charge in [-0.25, -0.2) is 25.0 Å². The van der Waals surface area contributed by atoms with E-state index in [9.17, 15) is 14.4 Å². The summed E-state index contributed by atoms with van der Waals surface area (Å²) in [6, 6.07) is 6.38. The molecule has 168 valence electrons. The Morgan fingerprint density at radius 1 is 1.13 bits per heavy atom. The number of nitrogens with zero attached hydrogens (tertiary/aromatic N) is 2. The van der Waals surface area contributed by atoms with Crippen molar-refractivity contribution in [2.45, 2.75) is 46.8 Å². The molecule has 0 saturated heterocycles. The van der Waals surface area contributed by atoms with Crippen molar-refractivity contribution in [1.82, 2.24) is 15.4 Å². The SMILES string of the molecule is CCN(NC(=O)Oc1ccc(OCc2csc(NC(C)=O)n2)cc1)C(=O)OC(C)(C)C. The van der Waals surface area contributed by atoms with Crippen molar-refractivity contribution < 1.29 is 28.6 Å². The van der Waals surface area contributed by atoms with Crippen LogP contribution in [0.5, 0.6) is 11.5 Å². The monoisotopic (exact) mass is 450 g/mol. The normalized spacial score (nSPS) is 10.7. The van der Waals surface area contributed by atoms with Gasteiger partial charge in [0.2, 0.25) is 5.91 Å². The first-order chi connectivity index (χ1) is 14.6. The zero-order valence-electron chi connectivity index (χ0n) is 18.1. The van der Waals surface area contributed by atoms with Gasteiger partial charge in [-0.3, -0.25) is 4.79 Å². The Morgan fingerprint density at radius 3 is 2.35 bits per heavy atom. The third-order valence-electron chi connectivity index (χ3n) is 3.41. The Balaban J connectivity index is 1.84. The second-order valence-electron chi connectivity index (χ2n) is 7.31. The van der Waals surface area contributed by atoms with E-state index in [-0.39, 0.29) is 24.8 Å². The number of ether oxygens (including phenoxy) is 3. The molecule has 10 nitrogen and oxygen atoms in total. The van der Waals surface area contributed by atoms with Gasteiger partial charge < -0.3 is 19.5 Å². The average Bonchev–Trinajstić information content (AvgIpc) is 3.10. The van der Waals surface area contributed by atoms with E-state index < -0.39 is 17.8 Å². The van der Waals surface area contributed by atoms with Crippen LogP contribution in [0.2, 0.25) is 0 Å². The summed E-state index contributed by atoms with van der Waals surface area (Å²) in [6.07, 6.45) is -1.51. The number of anilines is 1. The van der Waals surface area contributed by atoms with Crippen molar-refractivity contribution in [2.24, 2.45) is 0 Å². The van der Waals surface area contributed by atoms with Crippen LogP contribution >= 0.6 is 11.3 Å². The molecular formula is C20H26N4O6S. The van der Waals surface area contributed by atoms with Crippen LogP contribution in [0, 0.1) is 0 Å². The summed E-state index contributed by atoms with van der Waals surface area (Å²) in [5.74, 6) is 0.632. The predicted octanol–water partition coefficient (Wildman–Crippen LogP) is 3.94. The van der Waals surface area contributed by atoms with Gasteiger partial charge in [-0.05, 0) is 52.0 Å². The zero-order chi connectivity index (χ0) is 23.0. The van der Waals surface area contributed by atoms with Gasteiger partial charge in [-0.2, -0.15) is 0 Å². The van der Waals surface area contributed by atoms with Crippen molar-refractivity contribution >= 4 is 34.6 Å². The molecule has 0 unspecified atom stereocenters. The minimum absolute atomic E-state index is 0.186. The second-order valence-corrected chi connectivity index (χ2v) is 8.17. The number of hydrogen-bond donors (Lipinski definition) is 2. The number of hydrogen-bond acceptors (Lipinski definition) is 8. The summed E-state index contributed by atoms with van der Waals surface area (Å²) < 4.78 is 16.0. The minimum atomic E-state index is -0.825. The van der Waals surface area contributed by atoms with Crippen molar-refractivity contribution in [3.05, 3.63) is 35.3 Å². The van der Waals surface area contributed by atoms with Gasteiger partial charge in [0.25, 0.3) is 0 Å². The summed E-state index contributed by atoms with van der Waals surface area (Å²) in [6.45, 7) is 8.73. The van der Waals surface area contributed by atoms with Crippen molar-refractivity contribution in [3.63, 3.8) is 0 Å². The molecule has 2 aromatic rings. The summed E-state index contributed by atoms with van der Waals surface area (Å²) >= 11 is 1.31. The number of rotatable bonds is 6. The molecule has 0 aliphatic rings. The van der Waals surface area contributed by atoms with Gasteiger partial charge in [-0.15, -0.1) is 11.3 Å². The fourth-order valence-electron chi connectivity index (χ4n) is 2.15. The number of carbonyl (C=O) groups is 3. The number of hydrazine groups is 1. The first kappa shape index (κ1) is 23.9. The quantitative estimate of drug-likeness (QED) is 0.640. The highest BCUT2D eigenvalue weighted by Crippen LogP contribution is 2.21. The van der Waals surface area contributed by atoms with E-state index >= 15 is 0 Å². The van der Waals surface area contributed by atoms with Gasteiger partial charge in [-0.1, -0.05) is 0 Å². The molecular weight excluding hydrogens is 424 g/mol. The third kappa shape index (κ3) is 8.51. The van der Waals surface area contributed by atoms with Gasteiger partial charge in [0.05, 0.1) is 5.69 Å². The van der Waals surface area contributed by atoms with E-state index in [1.165, 1.54) is 18.3 Å². The molecule has 0 aliphatic carbocycles. The first-order valence-electron chi connectivity index (χ1n) is 9.49. The molecule has 0 radical (unpaired) electrons. The van der Waals surface area contributed by atoms with Crippen LogP contribution in [-0.4, -0.2) is 40.2 Å². The minimum Gasteiger partial charge on any atom is -0.487 e. The maximum Gasteiger partial charge on any atom is 0.431 e. The third-order valence-corrected chi connectivity index (χ3v) is 4.22. The lowest BCUT2D eigenvalue weighted by Crippen LogP contribution is -2.49. The van der Waals surface area contributed by atoms with Gasteiger partial charge >= 0.3 is 12.2 Å². The van der Waals surface area contributed by atoms with Gasteiger partial charge in [0.1, 0.15) is 23.7 Å². The van der Waals surface area contributed by atoms with Crippen LogP contribution in [0.1, 0.15) is 40.3 Å². The summed E-state index contributed by atoms with van der Waals surface area (Å²) in [7, 11) is 0. The molecule has 0 spiro atoms. The fourth-order valence-corrected chi connectivity index (χ4v) is 2.89. The molecule has 31 heavy (non-hydrogen) atoms. The van der Waals surface area contributed by atoms with Crippen molar-refractivity contribution in [3.8, 4) is 11.5 Å². The molecule has 0 atom stereocenters. The Morgan fingerprint density at radius 2 is 1.77 bits per heavy atom. The highest BCUT2D eigenvalue weighted by Gasteiger charge is 2.23. The number of nitrogens with one attached hydrogen (secondary N) is 2. The van der Waals surface area contributed by atoms with Gasteiger partial charge in [0.15, 0.2) is 5.13 Å². The standard InChI is InChI=1S/C20H26N4O6S/c1-6-24(19(27)30-20(3,4)5)23-18(26)29-16-9-7-15(8-10-16)28-11-14-12-31-17(22-14)21-13(2)25/h7-10,12H,6,11H2,1-5H3,(H,23,26)(H,21,22,25). The van der Waals surface area contributed by atoms with Gasteiger partial charge in [0, 0.05) is 18.8 Å². The van der Waals surface area contributed by atoms with E-state index in [0.717, 1.165) is 5.01 Å². The molecule has 0 fully saturated rings. The van der Waals surface area contributed by atoms with E-state index in [2.05, 4.69) is 15.7 Å². The summed E-state index contributed by atoms with van der Waals surface area (Å²) in [5, 5.41) is 5.93. The maximum absolute atomic E-state index is 12.1. The number of thiazole rings is 1. The average molecular weight is 451 g/mol. The highest BCUT2D eigenvalue weighted by molar-refractivity contribution is 7.13. The molecule has 2 N–H and O–H groups in total. The summed E-state index contributed by atoms with van der Waals surface area (Å²) in [5.41, 5.74) is 2.34. The molecule has 11 heteroatoms. The zero-order valence-corrected chi connectivity index (χ0v) is 18.9. The largest absolute Gasteiger partial charge is 0.487 e. The molecule has 0 aliphatic heterocycles. The van der Waals surface area contributed by atoms with Crippen LogP contribution in [0.3, 0.4) is 0 Å². The number of amides is 3. The first-order valence-corrected chi connectivity index (χ1v) is 10.4. The van der Waals surface area contributed by atoms with Crippen LogP contribution < -0.4 is 20.2 Å². The van der Waals surface area contributed by atoms with Crippen molar-refractivity contribution in [2.75, 3.05) is 11.9 Å². The van der Waals surface area contributed by atoms with E-state index in [4.69, 9.17) is 14.2 Å². The predicted molar refractivity (Wildman–Crippen MR) is 115 cm³/mol. The van der Waals surface area contributed by atoms with Crippen LogP contribution in [0.15, 0.2) is 29.6 Å². The Bertz CT molecular complexity index is 907. The van der Waals surface area contributed by atoms with Crippen LogP contribution in [0.4, 0.5) is 14.7 Å². The Kier molecular flexibility index (Phi) is 8.20. The molecule has 3 amide bonds. The topological polar surface area (TPSA) is 119 Å². The molecule has 1 aromatic heterocycles. The lowest BCUT2D eigenvalue weighted by atomic mass is 10.2. The highest BCUT2D eigenvalue weighted by atomic mass is 32.1. The Labute approximate surface area is 184 Å². The smallest absolute Gasteiger partial charge is 0.431 e. The number of aromatic nitrogens is 1. The van der Waals surface area contributed by atoms with E-state index in [0.29, 0.717) is 16.6 Å². The molecule has 0 bridgehead atoms. The van der Waals surface area contributed by atoms with E-state index in [1.807, 2.05) is 0 Å². The van der Waals surface area contributed by atoms with Crippen LogP contribution in [-0.2, 0) is 16.1 Å². The maximum atomic E-state index is 12.1. The molecule has 1 aromatic carbocycles. The fraction of sp³-hybridized carbons (Fsp3) is 0.400. The van der Waals surface area contributed by atoms with Crippen LogP contribution in [0.25, 0.3) is 0 Å².